The molecule has 4 nitrogen and oxygen atoms in total. The van der Waals surface area contributed by atoms with Crippen molar-refractivity contribution >= 4 is 11.7 Å². The van der Waals surface area contributed by atoms with Gasteiger partial charge in [0.2, 0.25) is 0 Å². The Labute approximate surface area is 112 Å². The van der Waals surface area contributed by atoms with Crippen molar-refractivity contribution in [3.8, 4) is 0 Å². The summed E-state index contributed by atoms with van der Waals surface area (Å²) in [6.45, 7) is 2.72. The maximum Gasteiger partial charge on any atom is 0.337 e. The SMILES string of the molecule is COC(=O)c1ccc(CNc2cnccc2C)cc1. The molecule has 0 bridgehead atoms. The highest BCUT2D eigenvalue weighted by atomic mass is 16.5. The molecule has 0 aliphatic rings. The fraction of sp³-hybridized carbons (Fsp3) is 0.200. The molecule has 4 heteroatoms. The van der Waals surface area contributed by atoms with Gasteiger partial charge in [0, 0.05) is 12.7 Å². The molecule has 0 saturated carbocycles. The summed E-state index contributed by atoms with van der Waals surface area (Å²) in [5.74, 6) is -0.317. The Morgan fingerprint density at radius 2 is 2.00 bits per heavy atom. The monoisotopic (exact) mass is 256 g/mol. The minimum atomic E-state index is -0.317. The highest BCUT2D eigenvalue weighted by molar-refractivity contribution is 5.89. The molecule has 2 aromatic rings. The van der Waals surface area contributed by atoms with Crippen molar-refractivity contribution in [3.05, 3.63) is 59.4 Å². The molecule has 0 radical (unpaired) electrons. The fourth-order valence-corrected chi connectivity index (χ4v) is 1.72. The number of hydrogen-bond acceptors (Lipinski definition) is 4. The lowest BCUT2D eigenvalue weighted by molar-refractivity contribution is 0.0600. The standard InChI is InChI=1S/C15H16N2O2/c1-11-7-8-16-10-14(11)17-9-12-3-5-13(6-4-12)15(18)19-2/h3-8,10,17H,9H2,1-2H3. The number of hydrogen-bond donors (Lipinski definition) is 1. The van der Waals surface area contributed by atoms with E-state index < -0.39 is 0 Å². The molecule has 0 saturated heterocycles. The zero-order valence-corrected chi connectivity index (χ0v) is 11.0. The fourth-order valence-electron chi connectivity index (χ4n) is 1.72. The molecule has 98 valence electrons. The summed E-state index contributed by atoms with van der Waals surface area (Å²) in [7, 11) is 1.38. The van der Waals surface area contributed by atoms with Gasteiger partial charge >= 0.3 is 5.97 Å². The Morgan fingerprint density at radius 3 is 2.63 bits per heavy atom. The van der Waals surface area contributed by atoms with Crippen molar-refractivity contribution in [3.63, 3.8) is 0 Å². The van der Waals surface area contributed by atoms with E-state index in [2.05, 4.69) is 15.0 Å². The molecule has 0 unspecified atom stereocenters. The molecular formula is C15H16N2O2. The average molecular weight is 256 g/mol. The number of nitrogens with zero attached hydrogens (tertiary/aromatic N) is 1. The maximum absolute atomic E-state index is 11.3. The average Bonchev–Trinajstić information content (AvgIpc) is 2.46. The molecule has 1 aromatic heterocycles. The summed E-state index contributed by atoms with van der Waals surface area (Å²) < 4.78 is 4.66. The van der Waals surface area contributed by atoms with E-state index in [1.54, 1.807) is 24.5 Å². The van der Waals surface area contributed by atoms with E-state index >= 15 is 0 Å². The van der Waals surface area contributed by atoms with Gasteiger partial charge in [0.15, 0.2) is 0 Å². The summed E-state index contributed by atoms with van der Waals surface area (Å²) >= 11 is 0. The van der Waals surface area contributed by atoms with Crippen LogP contribution in [0.3, 0.4) is 0 Å². The minimum absolute atomic E-state index is 0.317. The quantitative estimate of drug-likeness (QED) is 0.855. The predicted octanol–water partition coefficient (Wildman–Crippen LogP) is 2.79. The van der Waals surface area contributed by atoms with Gasteiger partial charge in [-0.25, -0.2) is 4.79 Å². The van der Waals surface area contributed by atoms with Crippen molar-refractivity contribution in [1.82, 2.24) is 4.98 Å². The van der Waals surface area contributed by atoms with Crippen LogP contribution in [0, 0.1) is 6.92 Å². The first kappa shape index (κ1) is 13.1. The van der Waals surface area contributed by atoms with Crippen LogP contribution in [0.4, 0.5) is 5.69 Å². The van der Waals surface area contributed by atoms with Gasteiger partial charge in [-0.3, -0.25) is 4.98 Å². The van der Waals surface area contributed by atoms with E-state index in [9.17, 15) is 4.79 Å². The van der Waals surface area contributed by atoms with Gasteiger partial charge < -0.3 is 10.1 Å². The molecule has 1 N–H and O–H groups in total. The zero-order valence-electron chi connectivity index (χ0n) is 11.0. The minimum Gasteiger partial charge on any atom is -0.465 e. The van der Waals surface area contributed by atoms with Crippen LogP contribution < -0.4 is 5.32 Å². The number of anilines is 1. The molecule has 2 rings (SSSR count). The molecule has 0 spiro atoms. The Hall–Kier alpha value is -2.36. The number of ether oxygens (including phenoxy) is 1. The number of methoxy groups -OCH3 is 1. The van der Waals surface area contributed by atoms with Crippen molar-refractivity contribution < 1.29 is 9.53 Å². The Kier molecular flexibility index (Phi) is 4.13. The van der Waals surface area contributed by atoms with Gasteiger partial charge in [-0.15, -0.1) is 0 Å². The van der Waals surface area contributed by atoms with E-state index in [0.717, 1.165) is 16.8 Å². The zero-order chi connectivity index (χ0) is 13.7. The number of aromatic nitrogens is 1. The number of nitrogens with one attached hydrogen (secondary N) is 1. The third kappa shape index (κ3) is 3.31. The Bertz CT molecular complexity index is 565. The van der Waals surface area contributed by atoms with E-state index in [1.165, 1.54) is 7.11 Å². The lowest BCUT2D eigenvalue weighted by atomic mass is 10.1. The van der Waals surface area contributed by atoms with Gasteiger partial charge in [-0.05, 0) is 36.2 Å². The van der Waals surface area contributed by atoms with Crippen molar-refractivity contribution in [1.29, 1.82) is 0 Å². The molecule has 0 aliphatic heterocycles. The van der Waals surface area contributed by atoms with Crippen molar-refractivity contribution in [2.75, 3.05) is 12.4 Å². The number of esters is 1. The second-order valence-electron chi connectivity index (χ2n) is 4.23. The lowest BCUT2D eigenvalue weighted by Gasteiger charge is -2.09. The molecule has 0 aliphatic carbocycles. The van der Waals surface area contributed by atoms with Crippen LogP contribution in [0.5, 0.6) is 0 Å². The first-order valence-electron chi connectivity index (χ1n) is 6.02. The highest BCUT2D eigenvalue weighted by Gasteiger charge is 2.04. The van der Waals surface area contributed by atoms with Gasteiger partial charge in [-0.2, -0.15) is 0 Å². The topological polar surface area (TPSA) is 51.2 Å². The first-order chi connectivity index (χ1) is 9.20. The number of rotatable bonds is 4. The summed E-state index contributed by atoms with van der Waals surface area (Å²) in [5, 5.41) is 3.31. The number of aryl methyl sites for hydroxylation is 1. The molecule has 1 aromatic carbocycles. The van der Waals surface area contributed by atoms with E-state index in [0.29, 0.717) is 12.1 Å². The molecule has 1 heterocycles. The second-order valence-corrected chi connectivity index (χ2v) is 4.23. The molecule has 19 heavy (non-hydrogen) atoms. The van der Waals surface area contributed by atoms with E-state index in [4.69, 9.17) is 0 Å². The predicted molar refractivity (Wildman–Crippen MR) is 74.1 cm³/mol. The molecule has 0 atom stereocenters. The van der Waals surface area contributed by atoms with Crippen LogP contribution in [0.1, 0.15) is 21.5 Å². The van der Waals surface area contributed by atoms with Crippen LogP contribution >= 0.6 is 0 Å². The maximum atomic E-state index is 11.3. The Morgan fingerprint density at radius 1 is 1.26 bits per heavy atom. The summed E-state index contributed by atoms with van der Waals surface area (Å²) in [6, 6.07) is 9.30. The summed E-state index contributed by atoms with van der Waals surface area (Å²) in [6.07, 6.45) is 3.57. The number of pyridine rings is 1. The van der Waals surface area contributed by atoms with Gasteiger partial charge in [0.1, 0.15) is 0 Å². The van der Waals surface area contributed by atoms with E-state index in [1.807, 2.05) is 25.1 Å². The third-order valence-corrected chi connectivity index (χ3v) is 2.90. The highest BCUT2D eigenvalue weighted by Crippen LogP contribution is 2.13. The van der Waals surface area contributed by atoms with Crippen molar-refractivity contribution in [2.45, 2.75) is 13.5 Å². The van der Waals surface area contributed by atoms with Gasteiger partial charge in [0.05, 0.1) is 24.6 Å². The van der Waals surface area contributed by atoms with Gasteiger partial charge in [-0.1, -0.05) is 12.1 Å². The van der Waals surface area contributed by atoms with Crippen molar-refractivity contribution in [2.24, 2.45) is 0 Å². The lowest BCUT2D eigenvalue weighted by Crippen LogP contribution is -2.03. The molecule has 0 amide bonds. The van der Waals surface area contributed by atoms with Crippen LogP contribution in [0.15, 0.2) is 42.7 Å². The first-order valence-corrected chi connectivity index (χ1v) is 6.02. The summed E-state index contributed by atoms with van der Waals surface area (Å²) in [5.41, 5.74) is 3.82. The summed E-state index contributed by atoms with van der Waals surface area (Å²) in [4.78, 5) is 15.4. The molecule has 0 fully saturated rings. The normalized spacial score (nSPS) is 10.0. The number of carbonyl (C=O) groups excluding carboxylic acids is 1. The smallest absolute Gasteiger partial charge is 0.337 e. The van der Waals surface area contributed by atoms with Gasteiger partial charge in [0.25, 0.3) is 0 Å². The Balaban J connectivity index is 2.01. The van der Waals surface area contributed by atoms with Crippen LogP contribution in [-0.2, 0) is 11.3 Å². The molecular weight excluding hydrogens is 240 g/mol. The van der Waals surface area contributed by atoms with E-state index in [-0.39, 0.29) is 5.97 Å². The second kappa shape index (κ2) is 6.00. The largest absolute Gasteiger partial charge is 0.465 e. The number of carbonyl (C=O) groups is 1. The third-order valence-electron chi connectivity index (χ3n) is 2.90. The van der Waals surface area contributed by atoms with Crippen LogP contribution in [-0.4, -0.2) is 18.1 Å². The van der Waals surface area contributed by atoms with Crippen LogP contribution in [0.2, 0.25) is 0 Å². The van der Waals surface area contributed by atoms with Crippen LogP contribution in [0.25, 0.3) is 0 Å². The number of benzene rings is 1.